The van der Waals surface area contributed by atoms with E-state index in [0.29, 0.717) is 11.4 Å². The molecule has 0 bridgehead atoms. The molecule has 0 fully saturated rings. The van der Waals surface area contributed by atoms with Gasteiger partial charge in [-0.1, -0.05) is 25.1 Å². The summed E-state index contributed by atoms with van der Waals surface area (Å²) >= 11 is 0. The summed E-state index contributed by atoms with van der Waals surface area (Å²) in [7, 11) is 0. The molecule has 0 radical (unpaired) electrons. The maximum atomic E-state index is 11.9. The van der Waals surface area contributed by atoms with E-state index in [9.17, 15) is 9.90 Å². The maximum absolute atomic E-state index is 11.9. The quantitative estimate of drug-likeness (QED) is 0.748. The van der Waals surface area contributed by atoms with Crippen molar-refractivity contribution in [1.29, 1.82) is 0 Å². The number of aromatic hydroxyl groups is 1. The van der Waals surface area contributed by atoms with Crippen LogP contribution in [0.1, 0.15) is 18.1 Å². The molecular weight excluding hydrogens is 252 g/mol. The summed E-state index contributed by atoms with van der Waals surface area (Å²) in [4.78, 5) is 11.9. The molecule has 4 heteroatoms. The molecular formula is C16H18N2O2. The first-order chi connectivity index (χ1) is 9.58. The number of carbonyl (C=O) groups excluding carboxylic acids is 1. The zero-order valence-electron chi connectivity index (χ0n) is 11.4. The van der Waals surface area contributed by atoms with Gasteiger partial charge >= 0.3 is 0 Å². The van der Waals surface area contributed by atoms with Crippen molar-refractivity contribution in [2.45, 2.75) is 19.8 Å². The second-order valence-corrected chi connectivity index (χ2v) is 4.66. The molecule has 0 saturated carbocycles. The van der Waals surface area contributed by atoms with Gasteiger partial charge < -0.3 is 16.2 Å². The Kier molecular flexibility index (Phi) is 4.25. The molecule has 1 amide bonds. The lowest BCUT2D eigenvalue weighted by atomic mass is 10.1. The summed E-state index contributed by atoms with van der Waals surface area (Å²) in [5.74, 6) is 0.0195. The fraction of sp³-hybridized carbons (Fsp3) is 0.188. The number of nitrogens with one attached hydrogen (secondary N) is 1. The summed E-state index contributed by atoms with van der Waals surface area (Å²) in [6.45, 7) is 2.03. The Morgan fingerprint density at radius 1 is 1.25 bits per heavy atom. The van der Waals surface area contributed by atoms with Crippen LogP contribution >= 0.6 is 0 Å². The standard InChI is InChI=1S/C16H18N2O2/c1-2-12-6-7-13(10-15(12)17)18-16(20)9-11-4-3-5-14(19)8-11/h3-8,10,19H,2,9,17H2,1H3,(H,18,20). The smallest absolute Gasteiger partial charge is 0.228 e. The van der Waals surface area contributed by atoms with Crippen molar-refractivity contribution in [2.24, 2.45) is 0 Å². The van der Waals surface area contributed by atoms with Gasteiger partial charge in [0.25, 0.3) is 0 Å². The molecule has 2 aromatic rings. The van der Waals surface area contributed by atoms with E-state index in [1.54, 1.807) is 30.3 Å². The molecule has 0 aliphatic rings. The number of benzene rings is 2. The van der Waals surface area contributed by atoms with Gasteiger partial charge in [0.05, 0.1) is 6.42 Å². The van der Waals surface area contributed by atoms with Gasteiger partial charge in [-0.05, 0) is 41.8 Å². The summed E-state index contributed by atoms with van der Waals surface area (Å²) < 4.78 is 0. The van der Waals surface area contributed by atoms with Crippen molar-refractivity contribution in [2.75, 3.05) is 11.1 Å². The highest BCUT2D eigenvalue weighted by Crippen LogP contribution is 2.19. The van der Waals surface area contributed by atoms with Crippen LogP contribution < -0.4 is 11.1 Å². The second kappa shape index (κ2) is 6.10. The predicted molar refractivity (Wildman–Crippen MR) is 80.7 cm³/mol. The van der Waals surface area contributed by atoms with Crippen molar-refractivity contribution in [1.82, 2.24) is 0 Å². The molecule has 0 aliphatic carbocycles. The molecule has 4 nitrogen and oxygen atoms in total. The Bertz CT molecular complexity index is 624. The van der Waals surface area contributed by atoms with Crippen LogP contribution in [0.15, 0.2) is 42.5 Å². The lowest BCUT2D eigenvalue weighted by Crippen LogP contribution is -2.14. The highest BCUT2D eigenvalue weighted by atomic mass is 16.3. The highest BCUT2D eigenvalue weighted by molar-refractivity contribution is 5.92. The summed E-state index contributed by atoms with van der Waals surface area (Å²) in [6.07, 6.45) is 1.08. The van der Waals surface area contributed by atoms with Gasteiger partial charge in [0.2, 0.25) is 5.91 Å². The molecule has 2 aromatic carbocycles. The molecule has 0 saturated heterocycles. The van der Waals surface area contributed by atoms with E-state index in [-0.39, 0.29) is 18.1 Å². The van der Waals surface area contributed by atoms with Gasteiger partial charge in [-0.2, -0.15) is 0 Å². The van der Waals surface area contributed by atoms with E-state index < -0.39 is 0 Å². The molecule has 0 atom stereocenters. The molecule has 20 heavy (non-hydrogen) atoms. The lowest BCUT2D eigenvalue weighted by molar-refractivity contribution is -0.115. The Morgan fingerprint density at radius 2 is 2.05 bits per heavy atom. The average Bonchev–Trinajstić information content (AvgIpc) is 2.38. The van der Waals surface area contributed by atoms with E-state index in [0.717, 1.165) is 17.5 Å². The van der Waals surface area contributed by atoms with E-state index in [2.05, 4.69) is 5.32 Å². The minimum absolute atomic E-state index is 0.140. The number of phenols is 1. The minimum Gasteiger partial charge on any atom is -0.508 e. The van der Waals surface area contributed by atoms with E-state index >= 15 is 0 Å². The van der Waals surface area contributed by atoms with E-state index in [1.165, 1.54) is 0 Å². The monoisotopic (exact) mass is 270 g/mol. The number of carbonyl (C=O) groups is 1. The van der Waals surface area contributed by atoms with Crippen molar-refractivity contribution in [3.63, 3.8) is 0 Å². The number of rotatable bonds is 4. The number of nitrogen functional groups attached to an aromatic ring is 1. The number of amides is 1. The molecule has 104 valence electrons. The third-order valence-corrected chi connectivity index (χ3v) is 3.09. The third kappa shape index (κ3) is 3.51. The molecule has 0 aromatic heterocycles. The molecule has 0 aliphatic heterocycles. The number of hydrogen-bond donors (Lipinski definition) is 3. The Labute approximate surface area is 118 Å². The number of hydrogen-bond acceptors (Lipinski definition) is 3. The van der Waals surface area contributed by atoms with Crippen LogP contribution in [0, 0.1) is 0 Å². The third-order valence-electron chi connectivity index (χ3n) is 3.09. The average molecular weight is 270 g/mol. The fourth-order valence-corrected chi connectivity index (χ4v) is 2.05. The Morgan fingerprint density at radius 3 is 2.70 bits per heavy atom. The van der Waals surface area contributed by atoms with Crippen LogP contribution in [0.5, 0.6) is 5.75 Å². The minimum atomic E-state index is -0.140. The van der Waals surface area contributed by atoms with Crippen molar-refractivity contribution >= 4 is 17.3 Å². The predicted octanol–water partition coefficient (Wildman–Crippen LogP) is 2.72. The zero-order valence-corrected chi connectivity index (χ0v) is 11.4. The Hall–Kier alpha value is -2.49. The second-order valence-electron chi connectivity index (χ2n) is 4.66. The topological polar surface area (TPSA) is 75.3 Å². The number of aryl methyl sites for hydroxylation is 1. The van der Waals surface area contributed by atoms with Crippen molar-refractivity contribution in [3.05, 3.63) is 53.6 Å². The van der Waals surface area contributed by atoms with Gasteiger partial charge in [0, 0.05) is 11.4 Å². The first kappa shape index (κ1) is 13.9. The zero-order chi connectivity index (χ0) is 14.5. The Balaban J connectivity index is 2.03. The van der Waals surface area contributed by atoms with Gasteiger partial charge in [-0.15, -0.1) is 0 Å². The van der Waals surface area contributed by atoms with Crippen LogP contribution in [-0.2, 0) is 17.6 Å². The first-order valence-electron chi connectivity index (χ1n) is 6.54. The van der Waals surface area contributed by atoms with Gasteiger partial charge in [0.15, 0.2) is 0 Å². The summed E-state index contributed by atoms with van der Waals surface area (Å²) in [5.41, 5.74) is 9.09. The highest BCUT2D eigenvalue weighted by Gasteiger charge is 2.06. The van der Waals surface area contributed by atoms with Crippen LogP contribution in [0.25, 0.3) is 0 Å². The molecule has 4 N–H and O–H groups in total. The first-order valence-corrected chi connectivity index (χ1v) is 6.54. The van der Waals surface area contributed by atoms with Crippen LogP contribution in [0.3, 0.4) is 0 Å². The van der Waals surface area contributed by atoms with Gasteiger partial charge in [-0.25, -0.2) is 0 Å². The van der Waals surface area contributed by atoms with Crippen LogP contribution in [-0.4, -0.2) is 11.0 Å². The number of anilines is 2. The number of nitrogens with two attached hydrogens (primary N) is 1. The van der Waals surface area contributed by atoms with Crippen LogP contribution in [0.4, 0.5) is 11.4 Å². The van der Waals surface area contributed by atoms with Gasteiger partial charge in [0.1, 0.15) is 5.75 Å². The fourth-order valence-electron chi connectivity index (χ4n) is 2.05. The normalized spacial score (nSPS) is 10.2. The largest absolute Gasteiger partial charge is 0.508 e. The summed E-state index contributed by atoms with van der Waals surface area (Å²) in [6, 6.07) is 12.2. The number of phenolic OH excluding ortho intramolecular Hbond substituents is 1. The van der Waals surface area contributed by atoms with Crippen molar-refractivity contribution in [3.8, 4) is 5.75 Å². The SMILES string of the molecule is CCc1ccc(NC(=O)Cc2cccc(O)c2)cc1N. The lowest BCUT2D eigenvalue weighted by Gasteiger charge is -2.09. The van der Waals surface area contributed by atoms with E-state index in [4.69, 9.17) is 5.73 Å². The van der Waals surface area contributed by atoms with Crippen molar-refractivity contribution < 1.29 is 9.90 Å². The van der Waals surface area contributed by atoms with Gasteiger partial charge in [-0.3, -0.25) is 4.79 Å². The molecule has 0 spiro atoms. The molecule has 2 rings (SSSR count). The van der Waals surface area contributed by atoms with Crippen LogP contribution in [0.2, 0.25) is 0 Å². The maximum Gasteiger partial charge on any atom is 0.228 e. The summed E-state index contributed by atoms with van der Waals surface area (Å²) in [5, 5.41) is 12.2. The molecule has 0 unspecified atom stereocenters. The van der Waals surface area contributed by atoms with E-state index in [1.807, 2.05) is 19.1 Å². The molecule has 0 heterocycles.